The van der Waals surface area contributed by atoms with Gasteiger partial charge in [0, 0.05) is 23.8 Å². The Morgan fingerprint density at radius 2 is 1.87 bits per heavy atom. The van der Waals surface area contributed by atoms with Gasteiger partial charge in [0.05, 0.1) is 28.4 Å². The number of hydrogen-bond donors (Lipinski definition) is 3. The monoisotopic (exact) mass is 403 g/mol. The molecule has 0 bridgehead atoms. The van der Waals surface area contributed by atoms with Crippen molar-refractivity contribution in [3.05, 3.63) is 60.0 Å². The molecule has 1 amide bonds. The van der Waals surface area contributed by atoms with Crippen molar-refractivity contribution in [2.24, 2.45) is 0 Å². The van der Waals surface area contributed by atoms with Gasteiger partial charge in [-0.2, -0.15) is 0 Å². The minimum Gasteiger partial charge on any atom is -0.393 e. The largest absolute Gasteiger partial charge is 0.393 e. The van der Waals surface area contributed by atoms with Gasteiger partial charge in [-0.15, -0.1) is 0 Å². The van der Waals surface area contributed by atoms with E-state index in [-0.39, 0.29) is 23.6 Å². The molecule has 0 saturated heterocycles. The first-order chi connectivity index (χ1) is 14.6. The van der Waals surface area contributed by atoms with Gasteiger partial charge in [-0.25, -0.2) is 9.97 Å². The molecule has 0 unspecified atom stereocenters. The van der Waals surface area contributed by atoms with Crippen LogP contribution in [-0.4, -0.2) is 38.1 Å². The van der Waals surface area contributed by atoms with Crippen molar-refractivity contribution in [2.45, 2.75) is 56.2 Å². The maximum absolute atomic E-state index is 13.2. The first-order valence-electron chi connectivity index (χ1n) is 10.6. The zero-order chi connectivity index (χ0) is 20.6. The van der Waals surface area contributed by atoms with Crippen molar-refractivity contribution in [1.29, 1.82) is 0 Å². The van der Waals surface area contributed by atoms with Crippen molar-refractivity contribution in [1.82, 2.24) is 20.3 Å². The molecule has 2 fully saturated rings. The second kappa shape index (κ2) is 7.65. The summed E-state index contributed by atoms with van der Waals surface area (Å²) in [5, 5.41) is 17.1. The summed E-state index contributed by atoms with van der Waals surface area (Å²) in [6.45, 7) is 0. The highest BCUT2D eigenvalue weighted by molar-refractivity contribution is 6.06. The van der Waals surface area contributed by atoms with E-state index in [1.54, 1.807) is 18.5 Å². The normalized spacial score (nSPS) is 22.4. The van der Waals surface area contributed by atoms with Crippen molar-refractivity contribution in [3.8, 4) is 0 Å². The van der Waals surface area contributed by atoms with Crippen molar-refractivity contribution in [2.75, 3.05) is 5.32 Å². The van der Waals surface area contributed by atoms with Crippen molar-refractivity contribution >= 4 is 22.8 Å². The van der Waals surface area contributed by atoms with Crippen LogP contribution in [0.4, 0.5) is 5.95 Å². The predicted octanol–water partition coefficient (Wildman–Crippen LogP) is 3.16. The van der Waals surface area contributed by atoms with Crippen LogP contribution in [0.5, 0.6) is 0 Å². The lowest BCUT2D eigenvalue weighted by molar-refractivity contribution is 0.0931. The highest BCUT2D eigenvalue weighted by atomic mass is 16.3. The topological polar surface area (TPSA) is 100 Å². The Morgan fingerprint density at radius 3 is 2.60 bits per heavy atom. The Hall–Kier alpha value is -3.06. The molecule has 1 aromatic carbocycles. The molecule has 3 aromatic rings. The van der Waals surface area contributed by atoms with Crippen LogP contribution in [0, 0.1) is 0 Å². The molecule has 2 aliphatic carbocycles. The highest BCUT2D eigenvalue weighted by Gasteiger charge is 2.47. The van der Waals surface area contributed by atoms with Gasteiger partial charge < -0.3 is 15.7 Å². The minimum atomic E-state index is -0.377. The average molecular weight is 403 g/mol. The Kier molecular flexibility index (Phi) is 4.83. The van der Waals surface area contributed by atoms with Gasteiger partial charge in [0.25, 0.3) is 5.91 Å². The summed E-state index contributed by atoms with van der Waals surface area (Å²) in [6, 6.07) is 11.6. The van der Waals surface area contributed by atoms with E-state index in [4.69, 9.17) is 0 Å². The number of carbonyl (C=O) groups excluding carboxylic acids is 1. The summed E-state index contributed by atoms with van der Waals surface area (Å²) in [5.74, 6) is 0.379. The summed E-state index contributed by atoms with van der Waals surface area (Å²) in [6.07, 6.45) is 8.42. The predicted molar refractivity (Wildman–Crippen MR) is 114 cm³/mol. The Labute approximate surface area is 175 Å². The lowest BCUT2D eigenvalue weighted by Gasteiger charge is -2.26. The van der Waals surface area contributed by atoms with Gasteiger partial charge in [-0.3, -0.25) is 9.78 Å². The van der Waals surface area contributed by atoms with E-state index in [1.165, 1.54) is 0 Å². The van der Waals surface area contributed by atoms with Crippen LogP contribution in [0.15, 0.2) is 48.8 Å². The lowest BCUT2D eigenvalue weighted by Crippen LogP contribution is -2.35. The molecular weight excluding hydrogens is 378 g/mol. The molecule has 7 nitrogen and oxygen atoms in total. The van der Waals surface area contributed by atoms with Crippen LogP contribution in [0.3, 0.4) is 0 Å². The standard InChI is InChI=1S/C23H25N5O2/c29-17-9-7-16(8-10-17)26-22-25-14-15-4-3-5-18(20(15)27-22)21(30)28-23(11-12-23)19-6-1-2-13-24-19/h1-6,13-14,16-17,29H,7-12H2,(H,28,30)(H,25,26,27)/t16-,17-. The summed E-state index contributed by atoms with van der Waals surface area (Å²) < 4.78 is 0. The number of aromatic nitrogens is 3. The minimum absolute atomic E-state index is 0.144. The summed E-state index contributed by atoms with van der Waals surface area (Å²) in [7, 11) is 0. The highest BCUT2D eigenvalue weighted by Crippen LogP contribution is 2.44. The molecule has 2 aliphatic rings. The van der Waals surface area contributed by atoms with Crippen molar-refractivity contribution in [3.63, 3.8) is 0 Å². The van der Waals surface area contributed by atoms with Crippen LogP contribution in [0.1, 0.15) is 54.6 Å². The van der Waals surface area contributed by atoms with Crippen molar-refractivity contribution < 1.29 is 9.90 Å². The number of nitrogens with one attached hydrogen (secondary N) is 2. The number of pyridine rings is 1. The number of anilines is 1. The molecule has 154 valence electrons. The molecule has 3 N–H and O–H groups in total. The fourth-order valence-corrected chi connectivity index (χ4v) is 4.21. The SMILES string of the molecule is O=C(NC1(c2ccccn2)CC1)c1cccc2cnc(N[C@H]3CC[C@H](O)CC3)nc12. The van der Waals surface area contributed by atoms with E-state index in [0.29, 0.717) is 17.0 Å². The van der Waals surface area contributed by atoms with E-state index in [2.05, 4.69) is 25.6 Å². The average Bonchev–Trinajstić information content (AvgIpc) is 3.56. The van der Waals surface area contributed by atoms with Crippen LogP contribution in [0.25, 0.3) is 10.9 Å². The molecule has 0 atom stereocenters. The molecule has 30 heavy (non-hydrogen) atoms. The third-order valence-electron chi connectivity index (χ3n) is 6.14. The third kappa shape index (κ3) is 3.73. The Balaban J connectivity index is 1.39. The summed E-state index contributed by atoms with van der Waals surface area (Å²) >= 11 is 0. The second-order valence-electron chi connectivity index (χ2n) is 8.34. The molecule has 5 rings (SSSR count). The van der Waals surface area contributed by atoms with Crippen LogP contribution in [-0.2, 0) is 5.54 Å². The zero-order valence-corrected chi connectivity index (χ0v) is 16.7. The quantitative estimate of drug-likeness (QED) is 0.605. The van der Waals surface area contributed by atoms with E-state index in [9.17, 15) is 9.90 Å². The van der Waals surface area contributed by atoms with Gasteiger partial charge in [-0.05, 0) is 56.7 Å². The van der Waals surface area contributed by atoms with Gasteiger partial charge in [0.1, 0.15) is 0 Å². The first-order valence-corrected chi connectivity index (χ1v) is 10.6. The van der Waals surface area contributed by atoms with Crippen LogP contribution in [0.2, 0.25) is 0 Å². The Bertz CT molecular complexity index is 1060. The van der Waals surface area contributed by atoms with Gasteiger partial charge in [0.2, 0.25) is 5.95 Å². The molecule has 0 spiro atoms. The molecule has 2 heterocycles. The number of aliphatic hydroxyl groups excluding tert-OH is 1. The second-order valence-corrected chi connectivity index (χ2v) is 8.34. The van der Waals surface area contributed by atoms with E-state index in [0.717, 1.165) is 49.6 Å². The number of benzene rings is 1. The fraction of sp³-hybridized carbons (Fsp3) is 0.391. The van der Waals surface area contributed by atoms with Gasteiger partial charge in [-0.1, -0.05) is 18.2 Å². The Morgan fingerprint density at radius 1 is 1.03 bits per heavy atom. The van der Waals surface area contributed by atoms with Gasteiger partial charge >= 0.3 is 0 Å². The number of rotatable bonds is 5. The molecule has 0 aliphatic heterocycles. The van der Waals surface area contributed by atoms with Gasteiger partial charge in [0.15, 0.2) is 0 Å². The zero-order valence-electron chi connectivity index (χ0n) is 16.7. The molecule has 2 aromatic heterocycles. The van der Waals surface area contributed by atoms with Crippen LogP contribution >= 0.6 is 0 Å². The molecule has 7 heteroatoms. The summed E-state index contributed by atoms with van der Waals surface area (Å²) in [5.41, 5.74) is 1.70. The number of amides is 1. The number of para-hydroxylation sites is 1. The number of hydrogen-bond acceptors (Lipinski definition) is 6. The van der Waals surface area contributed by atoms with Crippen LogP contribution < -0.4 is 10.6 Å². The number of fused-ring (bicyclic) bond motifs is 1. The molecular formula is C23H25N5O2. The fourth-order valence-electron chi connectivity index (χ4n) is 4.21. The number of carbonyl (C=O) groups is 1. The molecule has 2 saturated carbocycles. The maximum Gasteiger partial charge on any atom is 0.254 e. The van der Waals surface area contributed by atoms with E-state index >= 15 is 0 Å². The first kappa shape index (κ1) is 18.9. The number of aliphatic hydroxyl groups is 1. The summed E-state index contributed by atoms with van der Waals surface area (Å²) in [4.78, 5) is 26.7. The van der Waals surface area contributed by atoms with E-state index in [1.807, 2.05) is 30.3 Å². The number of nitrogens with zero attached hydrogens (tertiary/aromatic N) is 3. The van der Waals surface area contributed by atoms with E-state index < -0.39 is 0 Å². The lowest BCUT2D eigenvalue weighted by atomic mass is 9.93. The third-order valence-corrected chi connectivity index (χ3v) is 6.14. The molecule has 0 radical (unpaired) electrons. The maximum atomic E-state index is 13.2. The smallest absolute Gasteiger partial charge is 0.254 e.